The van der Waals surface area contributed by atoms with Crippen LogP contribution in [0.2, 0.25) is 5.02 Å². The smallest absolute Gasteiger partial charge is 0.277 e. The molecule has 0 saturated carbocycles. The molecule has 0 bridgehead atoms. The van der Waals surface area contributed by atoms with Crippen molar-refractivity contribution in [3.05, 3.63) is 68.7 Å². The van der Waals surface area contributed by atoms with E-state index in [-0.39, 0.29) is 18.3 Å². The standard InChI is InChI=1S/C15H15ClN2O3/c1-10(17)11-3-2-4-14(7-11)21-9-12-5-6-13(16)8-15(12)18(19)20/h2-8,10H,9,17H2,1H3. The Hall–Kier alpha value is -2.11. The van der Waals surface area contributed by atoms with Crippen LogP contribution in [-0.2, 0) is 6.61 Å². The van der Waals surface area contributed by atoms with E-state index in [1.807, 2.05) is 25.1 Å². The first-order chi connectivity index (χ1) is 9.97. The van der Waals surface area contributed by atoms with Crippen molar-refractivity contribution in [3.63, 3.8) is 0 Å². The maximum absolute atomic E-state index is 11.0. The second-order valence-corrected chi connectivity index (χ2v) is 5.12. The van der Waals surface area contributed by atoms with Gasteiger partial charge in [0.1, 0.15) is 12.4 Å². The van der Waals surface area contributed by atoms with Crippen LogP contribution in [-0.4, -0.2) is 4.92 Å². The highest BCUT2D eigenvalue weighted by molar-refractivity contribution is 6.30. The lowest BCUT2D eigenvalue weighted by Gasteiger charge is -2.10. The zero-order valence-corrected chi connectivity index (χ0v) is 12.2. The Morgan fingerprint density at radius 1 is 1.33 bits per heavy atom. The predicted octanol–water partition coefficient (Wildman–Crippen LogP) is 3.85. The van der Waals surface area contributed by atoms with Crippen molar-refractivity contribution in [2.75, 3.05) is 0 Å². The summed E-state index contributed by atoms with van der Waals surface area (Å²) in [6.45, 7) is 1.97. The molecule has 6 heteroatoms. The minimum absolute atomic E-state index is 0.0501. The highest BCUT2D eigenvalue weighted by Crippen LogP contribution is 2.25. The third-order valence-corrected chi connectivity index (χ3v) is 3.26. The monoisotopic (exact) mass is 306 g/mol. The van der Waals surface area contributed by atoms with E-state index in [0.29, 0.717) is 16.3 Å². The van der Waals surface area contributed by atoms with Crippen LogP contribution in [0.3, 0.4) is 0 Å². The van der Waals surface area contributed by atoms with Gasteiger partial charge in [0.05, 0.1) is 10.5 Å². The Bertz CT molecular complexity index is 659. The van der Waals surface area contributed by atoms with E-state index in [1.54, 1.807) is 18.2 Å². The molecule has 0 aliphatic carbocycles. The van der Waals surface area contributed by atoms with Gasteiger partial charge in [-0.2, -0.15) is 0 Å². The predicted molar refractivity (Wildman–Crippen MR) is 81.5 cm³/mol. The van der Waals surface area contributed by atoms with Gasteiger partial charge < -0.3 is 10.5 Å². The van der Waals surface area contributed by atoms with Crippen molar-refractivity contribution in [2.45, 2.75) is 19.6 Å². The molecule has 21 heavy (non-hydrogen) atoms. The summed E-state index contributed by atoms with van der Waals surface area (Å²) in [6, 6.07) is 11.8. The molecule has 0 radical (unpaired) electrons. The number of ether oxygens (including phenoxy) is 1. The number of nitro benzene ring substituents is 1. The molecule has 0 saturated heterocycles. The van der Waals surface area contributed by atoms with Crippen LogP contribution in [0, 0.1) is 10.1 Å². The molecule has 2 rings (SSSR count). The Morgan fingerprint density at radius 2 is 2.10 bits per heavy atom. The van der Waals surface area contributed by atoms with Gasteiger partial charge in [0.25, 0.3) is 5.69 Å². The number of halogens is 1. The first-order valence-electron chi connectivity index (χ1n) is 6.38. The van der Waals surface area contributed by atoms with Crippen LogP contribution in [0.5, 0.6) is 5.75 Å². The van der Waals surface area contributed by atoms with E-state index in [1.165, 1.54) is 6.07 Å². The lowest BCUT2D eigenvalue weighted by atomic mass is 10.1. The third-order valence-electron chi connectivity index (χ3n) is 3.02. The fraction of sp³-hybridized carbons (Fsp3) is 0.200. The molecule has 0 heterocycles. The van der Waals surface area contributed by atoms with Crippen molar-refractivity contribution < 1.29 is 9.66 Å². The number of rotatable bonds is 5. The van der Waals surface area contributed by atoms with Gasteiger partial charge in [0, 0.05) is 17.1 Å². The minimum Gasteiger partial charge on any atom is -0.489 e. The Kier molecular flexibility index (Phi) is 4.77. The number of nitrogens with zero attached hydrogens (tertiary/aromatic N) is 1. The summed E-state index contributed by atoms with van der Waals surface area (Å²) >= 11 is 5.77. The molecule has 0 aromatic heterocycles. The average molecular weight is 307 g/mol. The van der Waals surface area contributed by atoms with Crippen LogP contribution < -0.4 is 10.5 Å². The van der Waals surface area contributed by atoms with Crippen LogP contribution >= 0.6 is 11.6 Å². The van der Waals surface area contributed by atoms with Gasteiger partial charge in [-0.25, -0.2) is 0 Å². The SMILES string of the molecule is CC(N)c1cccc(OCc2ccc(Cl)cc2[N+](=O)[O-])c1. The summed E-state index contributed by atoms with van der Waals surface area (Å²) in [4.78, 5) is 10.5. The highest BCUT2D eigenvalue weighted by atomic mass is 35.5. The van der Waals surface area contributed by atoms with Crippen molar-refractivity contribution >= 4 is 17.3 Å². The largest absolute Gasteiger partial charge is 0.489 e. The van der Waals surface area contributed by atoms with E-state index in [4.69, 9.17) is 22.1 Å². The molecule has 0 aliphatic rings. The molecule has 2 N–H and O–H groups in total. The summed E-state index contributed by atoms with van der Waals surface area (Å²) in [7, 11) is 0. The maximum atomic E-state index is 11.0. The second-order valence-electron chi connectivity index (χ2n) is 4.68. The van der Waals surface area contributed by atoms with Gasteiger partial charge in [-0.15, -0.1) is 0 Å². The lowest BCUT2D eigenvalue weighted by molar-refractivity contribution is -0.385. The van der Waals surface area contributed by atoms with Crippen LogP contribution in [0.15, 0.2) is 42.5 Å². The fourth-order valence-corrected chi connectivity index (χ4v) is 2.04. The summed E-state index contributed by atoms with van der Waals surface area (Å²) in [6.07, 6.45) is 0. The molecule has 0 aliphatic heterocycles. The molecule has 0 amide bonds. The number of hydrogen-bond acceptors (Lipinski definition) is 4. The first kappa shape index (κ1) is 15.3. The molecule has 2 aromatic rings. The molecule has 1 unspecified atom stereocenters. The van der Waals surface area contributed by atoms with Gasteiger partial charge in [-0.1, -0.05) is 23.7 Å². The Balaban J connectivity index is 2.17. The average Bonchev–Trinajstić information content (AvgIpc) is 2.46. The molecule has 5 nitrogen and oxygen atoms in total. The zero-order valence-electron chi connectivity index (χ0n) is 11.5. The van der Waals surface area contributed by atoms with Crippen molar-refractivity contribution in [1.82, 2.24) is 0 Å². The molecule has 1 atom stereocenters. The Labute approximate surface area is 127 Å². The Morgan fingerprint density at radius 3 is 2.76 bits per heavy atom. The van der Waals surface area contributed by atoms with E-state index in [9.17, 15) is 10.1 Å². The van der Waals surface area contributed by atoms with E-state index in [2.05, 4.69) is 0 Å². The summed E-state index contributed by atoms with van der Waals surface area (Å²) in [5.74, 6) is 0.619. The van der Waals surface area contributed by atoms with E-state index >= 15 is 0 Å². The van der Waals surface area contributed by atoms with Crippen LogP contribution in [0.25, 0.3) is 0 Å². The molecular weight excluding hydrogens is 292 g/mol. The number of nitro groups is 1. The summed E-state index contributed by atoms with van der Waals surface area (Å²) < 4.78 is 5.61. The maximum Gasteiger partial charge on any atom is 0.277 e. The fourth-order valence-electron chi connectivity index (χ4n) is 1.88. The highest BCUT2D eigenvalue weighted by Gasteiger charge is 2.14. The normalized spacial score (nSPS) is 12.0. The molecule has 2 aromatic carbocycles. The van der Waals surface area contributed by atoms with Crippen LogP contribution in [0.1, 0.15) is 24.1 Å². The zero-order chi connectivity index (χ0) is 15.4. The molecule has 0 spiro atoms. The minimum atomic E-state index is -0.469. The topological polar surface area (TPSA) is 78.4 Å². The molecule has 110 valence electrons. The second kappa shape index (κ2) is 6.56. The van der Waals surface area contributed by atoms with Gasteiger partial charge in [-0.05, 0) is 36.8 Å². The summed E-state index contributed by atoms with van der Waals surface area (Å²) in [5.41, 5.74) is 7.17. The van der Waals surface area contributed by atoms with Gasteiger partial charge in [-0.3, -0.25) is 10.1 Å². The van der Waals surface area contributed by atoms with Crippen molar-refractivity contribution in [2.24, 2.45) is 5.73 Å². The van der Waals surface area contributed by atoms with E-state index in [0.717, 1.165) is 5.56 Å². The molecular formula is C15H15ClN2O3. The van der Waals surface area contributed by atoms with Gasteiger partial charge in [0.2, 0.25) is 0 Å². The van der Waals surface area contributed by atoms with Crippen LogP contribution in [0.4, 0.5) is 5.69 Å². The number of nitrogens with two attached hydrogens (primary N) is 1. The van der Waals surface area contributed by atoms with Gasteiger partial charge in [0.15, 0.2) is 0 Å². The van der Waals surface area contributed by atoms with Gasteiger partial charge >= 0.3 is 0 Å². The summed E-state index contributed by atoms with van der Waals surface area (Å²) in [5, 5.41) is 11.3. The number of benzene rings is 2. The van der Waals surface area contributed by atoms with E-state index < -0.39 is 4.92 Å². The van der Waals surface area contributed by atoms with Crippen molar-refractivity contribution in [1.29, 1.82) is 0 Å². The molecule has 0 fully saturated rings. The third kappa shape index (κ3) is 3.93. The number of hydrogen-bond donors (Lipinski definition) is 1. The first-order valence-corrected chi connectivity index (χ1v) is 6.76. The lowest BCUT2D eigenvalue weighted by Crippen LogP contribution is -2.05. The van der Waals surface area contributed by atoms with Crippen molar-refractivity contribution in [3.8, 4) is 5.75 Å². The quantitative estimate of drug-likeness (QED) is 0.672.